The van der Waals surface area contributed by atoms with E-state index >= 15 is 0 Å². The summed E-state index contributed by atoms with van der Waals surface area (Å²) < 4.78 is 36.2. The number of nitrogens with one attached hydrogen (secondary N) is 1. The highest BCUT2D eigenvalue weighted by Gasteiger charge is 2.19. The van der Waals surface area contributed by atoms with Crippen LogP contribution in [0, 0.1) is 5.82 Å². The average Bonchev–Trinajstić information content (AvgIpc) is 2.78. The largest absolute Gasteiger partial charge is 0.487 e. The van der Waals surface area contributed by atoms with Crippen LogP contribution in [-0.2, 0) is 9.47 Å². The number of halogens is 2. The quantitative estimate of drug-likeness (QED) is 0.499. The molecule has 0 spiro atoms. The molecule has 9 heteroatoms. The first-order chi connectivity index (χ1) is 15.1. The fourth-order valence-corrected chi connectivity index (χ4v) is 3.47. The van der Waals surface area contributed by atoms with Gasteiger partial charge in [-0.15, -0.1) is 0 Å². The Morgan fingerprint density at radius 1 is 1.13 bits per heavy atom. The summed E-state index contributed by atoms with van der Waals surface area (Å²) in [7, 11) is 1.62. The van der Waals surface area contributed by atoms with Gasteiger partial charge < -0.3 is 24.3 Å². The third-order valence-corrected chi connectivity index (χ3v) is 5.18. The normalized spacial score (nSPS) is 14.5. The molecule has 7 nitrogen and oxygen atoms in total. The van der Waals surface area contributed by atoms with E-state index in [1.807, 2.05) is 12.1 Å². The summed E-state index contributed by atoms with van der Waals surface area (Å²) in [4.78, 5) is 8.72. The minimum atomic E-state index is -0.482. The molecule has 0 atom stereocenters. The molecule has 0 saturated carbocycles. The molecule has 2 aromatic carbocycles. The van der Waals surface area contributed by atoms with Crippen LogP contribution >= 0.6 is 11.6 Å². The molecule has 0 radical (unpaired) electrons. The van der Waals surface area contributed by atoms with Gasteiger partial charge in [-0.25, -0.2) is 14.4 Å². The molecule has 1 aliphatic heterocycles. The van der Waals surface area contributed by atoms with E-state index in [1.54, 1.807) is 13.2 Å². The molecular weight excluding hydrogens is 425 g/mol. The number of anilines is 2. The van der Waals surface area contributed by atoms with Crippen molar-refractivity contribution in [3.05, 3.63) is 47.5 Å². The second-order valence-electron chi connectivity index (χ2n) is 7.06. The van der Waals surface area contributed by atoms with Crippen molar-refractivity contribution in [3.63, 3.8) is 0 Å². The summed E-state index contributed by atoms with van der Waals surface area (Å²) in [6.07, 6.45) is 3.10. The molecular formula is C22H23ClFN3O4. The standard InChI is InChI=1S/C22H23ClFN3O4/c1-28-8-9-30-20-12-19-16(11-21(20)31-15-4-6-29-7-5-15)22(26-13-25-19)27-14-2-3-18(24)17(23)10-14/h2-3,10-13,15H,4-9H2,1H3,(H,25,26,27). The van der Waals surface area contributed by atoms with Gasteiger partial charge in [0.1, 0.15) is 30.7 Å². The van der Waals surface area contributed by atoms with E-state index < -0.39 is 5.82 Å². The summed E-state index contributed by atoms with van der Waals surface area (Å²) >= 11 is 5.91. The molecule has 2 heterocycles. The monoisotopic (exact) mass is 447 g/mol. The lowest BCUT2D eigenvalue weighted by Gasteiger charge is -2.25. The first-order valence-electron chi connectivity index (χ1n) is 10.0. The molecule has 1 fully saturated rings. The first-order valence-corrected chi connectivity index (χ1v) is 10.4. The number of hydrogen-bond acceptors (Lipinski definition) is 7. The lowest BCUT2D eigenvalue weighted by molar-refractivity contribution is 0.0240. The van der Waals surface area contributed by atoms with Crippen molar-refractivity contribution < 1.29 is 23.3 Å². The summed E-state index contributed by atoms with van der Waals surface area (Å²) in [6.45, 7) is 2.17. The fourth-order valence-electron chi connectivity index (χ4n) is 3.29. The molecule has 164 valence electrons. The zero-order valence-corrected chi connectivity index (χ0v) is 17.8. The van der Waals surface area contributed by atoms with E-state index in [1.165, 1.54) is 18.5 Å². The van der Waals surface area contributed by atoms with Gasteiger partial charge in [-0.2, -0.15) is 0 Å². The van der Waals surface area contributed by atoms with Crippen molar-refractivity contribution in [1.82, 2.24) is 9.97 Å². The van der Waals surface area contributed by atoms with Crippen molar-refractivity contribution in [3.8, 4) is 11.5 Å². The lowest BCUT2D eigenvalue weighted by atomic mass is 10.1. The molecule has 1 saturated heterocycles. The zero-order valence-electron chi connectivity index (χ0n) is 17.1. The average molecular weight is 448 g/mol. The maximum absolute atomic E-state index is 13.5. The summed E-state index contributed by atoms with van der Waals surface area (Å²) in [6, 6.07) is 8.09. The Morgan fingerprint density at radius 2 is 1.97 bits per heavy atom. The van der Waals surface area contributed by atoms with E-state index in [0.717, 1.165) is 18.2 Å². The molecule has 4 rings (SSSR count). The Labute approximate surface area is 184 Å². The van der Waals surface area contributed by atoms with E-state index in [4.69, 9.17) is 30.5 Å². The predicted molar refractivity (Wildman–Crippen MR) is 116 cm³/mol. The Bertz CT molecular complexity index is 1050. The maximum atomic E-state index is 13.5. The predicted octanol–water partition coefficient (Wildman–Crippen LogP) is 4.75. The minimum Gasteiger partial charge on any atom is -0.487 e. The van der Waals surface area contributed by atoms with E-state index in [9.17, 15) is 4.39 Å². The van der Waals surface area contributed by atoms with Gasteiger partial charge in [0.25, 0.3) is 0 Å². The van der Waals surface area contributed by atoms with Gasteiger partial charge in [0.05, 0.1) is 30.4 Å². The van der Waals surface area contributed by atoms with Crippen LogP contribution in [0.3, 0.4) is 0 Å². The second kappa shape index (κ2) is 10.1. The highest BCUT2D eigenvalue weighted by molar-refractivity contribution is 6.31. The van der Waals surface area contributed by atoms with E-state index in [0.29, 0.717) is 54.9 Å². The molecule has 1 aliphatic rings. The van der Waals surface area contributed by atoms with Gasteiger partial charge in [0, 0.05) is 37.1 Å². The van der Waals surface area contributed by atoms with Gasteiger partial charge in [-0.1, -0.05) is 11.6 Å². The van der Waals surface area contributed by atoms with Gasteiger partial charge in [0.15, 0.2) is 11.5 Å². The number of nitrogens with zero attached hydrogens (tertiary/aromatic N) is 2. The van der Waals surface area contributed by atoms with Gasteiger partial charge in [0.2, 0.25) is 0 Å². The molecule has 0 unspecified atom stereocenters. The number of benzene rings is 2. The third-order valence-electron chi connectivity index (χ3n) is 4.89. The molecule has 31 heavy (non-hydrogen) atoms. The van der Waals surface area contributed by atoms with Crippen LogP contribution in [0.25, 0.3) is 10.9 Å². The van der Waals surface area contributed by atoms with Gasteiger partial charge in [-0.05, 0) is 24.3 Å². The van der Waals surface area contributed by atoms with Crippen LogP contribution in [0.4, 0.5) is 15.9 Å². The molecule has 3 aromatic rings. The Hall–Kier alpha value is -2.68. The van der Waals surface area contributed by atoms with Crippen molar-refractivity contribution in [2.24, 2.45) is 0 Å². The number of ether oxygens (including phenoxy) is 4. The highest BCUT2D eigenvalue weighted by Crippen LogP contribution is 2.36. The van der Waals surface area contributed by atoms with Crippen molar-refractivity contribution in [1.29, 1.82) is 0 Å². The maximum Gasteiger partial charge on any atom is 0.163 e. The Kier molecular flexibility index (Phi) is 7.01. The van der Waals surface area contributed by atoms with Crippen LogP contribution in [0.1, 0.15) is 12.8 Å². The Morgan fingerprint density at radius 3 is 2.74 bits per heavy atom. The lowest BCUT2D eigenvalue weighted by Crippen LogP contribution is -2.26. The first kappa shape index (κ1) is 21.5. The van der Waals surface area contributed by atoms with E-state index in [-0.39, 0.29) is 11.1 Å². The zero-order chi connectivity index (χ0) is 21.6. The summed E-state index contributed by atoms with van der Waals surface area (Å²) in [5.41, 5.74) is 1.29. The van der Waals surface area contributed by atoms with Crippen molar-refractivity contribution in [2.45, 2.75) is 18.9 Å². The van der Waals surface area contributed by atoms with E-state index in [2.05, 4.69) is 15.3 Å². The number of aromatic nitrogens is 2. The SMILES string of the molecule is COCCOc1cc2ncnc(Nc3ccc(F)c(Cl)c3)c2cc1OC1CCOCC1. The Balaban J connectivity index is 1.68. The number of methoxy groups -OCH3 is 1. The topological polar surface area (TPSA) is 74.7 Å². The van der Waals surface area contributed by atoms with Gasteiger partial charge in [-0.3, -0.25) is 0 Å². The van der Waals surface area contributed by atoms with Crippen LogP contribution in [0.5, 0.6) is 11.5 Å². The summed E-state index contributed by atoms with van der Waals surface area (Å²) in [5, 5.41) is 3.95. The highest BCUT2D eigenvalue weighted by atomic mass is 35.5. The molecule has 1 aromatic heterocycles. The minimum absolute atomic E-state index is 0.0285. The smallest absolute Gasteiger partial charge is 0.163 e. The van der Waals surface area contributed by atoms with Crippen molar-refractivity contribution in [2.75, 3.05) is 38.9 Å². The molecule has 0 bridgehead atoms. The number of rotatable bonds is 8. The number of fused-ring (bicyclic) bond motifs is 1. The van der Waals surface area contributed by atoms with Crippen molar-refractivity contribution >= 4 is 34.0 Å². The summed E-state index contributed by atoms with van der Waals surface area (Å²) in [5.74, 6) is 1.26. The second-order valence-corrected chi connectivity index (χ2v) is 7.47. The van der Waals surface area contributed by atoms with Crippen LogP contribution in [0.2, 0.25) is 5.02 Å². The third kappa shape index (κ3) is 5.33. The molecule has 1 N–H and O–H groups in total. The fraction of sp³-hybridized carbons (Fsp3) is 0.364. The molecule has 0 amide bonds. The van der Waals surface area contributed by atoms with Gasteiger partial charge >= 0.3 is 0 Å². The molecule has 0 aliphatic carbocycles. The van der Waals surface area contributed by atoms with Crippen LogP contribution < -0.4 is 14.8 Å². The van der Waals surface area contributed by atoms with Crippen LogP contribution in [0.15, 0.2) is 36.7 Å². The van der Waals surface area contributed by atoms with Crippen LogP contribution in [-0.4, -0.2) is 49.6 Å². The number of hydrogen-bond donors (Lipinski definition) is 1.